The summed E-state index contributed by atoms with van der Waals surface area (Å²) in [5.41, 5.74) is 7.12. The molecule has 0 bridgehead atoms. The zero-order valence-corrected chi connectivity index (χ0v) is 23.5. The van der Waals surface area contributed by atoms with Gasteiger partial charge in [0.2, 0.25) is 5.12 Å². The van der Waals surface area contributed by atoms with Gasteiger partial charge in [-0.1, -0.05) is 19.4 Å². The van der Waals surface area contributed by atoms with Crippen LogP contribution in [0.4, 0.5) is 10.1 Å². The second-order valence-electron chi connectivity index (χ2n) is 12.0. The lowest BCUT2D eigenvalue weighted by molar-refractivity contribution is -0.198. The number of aliphatic hydroxyl groups excluding tert-OH is 1. The average molecular weight is 557 g/mol. The number of hydrogen-bond acceptors (Lipinski definition) is 7. The van der Waals surface area contributed by atoms with E-state index < -0.39 is 28.2 Å². The number of aliphatic imine (C=N–C) groups is 1. The molecule has 1 aromatic rings. The van der Waals surface area contributed by atoms with Crippen LogP contribution in [0.5, 0.6) is 0 Å². The monoisotopic (exact) mass is 556 g/mol. The number of thiol groups is 1. The lowest BCUT2D eigenvalue weighted by atomic mass is 9.45. The smallest absolute Gasteiger partial charge is 0.333 e. The van der Waals surface area contributed by atoms with E-state index in [-0.39, 0.29) is 35.6 Å². The second kappa shape index (κ2) is 10.2. The molecule has 1 aromatic carbocycles. The molecule has 210 valence electrons. The largest absolute Gasteiger partial charge is 0.448 e. The molecule has 39 heavy (non-hydrogen) atoms. The minimum atomic E-state index is -1.40. The molecular formula is C30H37FN2O5S. The van der Waals surface area contributed by atoms with Gasteiger partial charge in [0.1, 0.15) is 12.4 Å². The minimum Gasteiger partial charge on any atom is -0.448 e. The van der Waals surface area contributed by atoms with Gasteiger partial charge >= 0.3 is 5.97 Å². The summed E-state index contributed by atoms with van der Waals surface area (Å²) in [4.78, 5) is 30.3. The Balaban J connectivity index is 1.50. The lowest BCUT2D eigenvalue weighted by Gasteiger charge is -2.60. The summed E-state index contributed by atoms with van der Waals surface area (Å²) >= 11 is 4.21. The van der Waals surface area contributed by atoms with E-state index in [1.807, 2.05) is 6.92 Å². The number of allylic oxidation sites excluding steroid dienone is 3. The number of nitrogens with zero attached hydrogens (tertiary/aromatic N) is 1. The maximum atomic E-state index is 13.4. The van der Waals surface area contributed by atoms with Crippen molar-refractivity contribution >= 4 is 35.1 Å². The highest BCUT2D eigenvalue weighted by atomic mass is 32.1. The molecule has 7 nitrogen and oxygen atoms in total. The quantitative estimate of drug-likeness (QED) is 0.359. The number of benzene rings is 1. The molecule has 0 aliphatic heterocycles. The van der Waals surface area contributed by atoms with Gasteiger partial charge in [-0.2, -0.15) is 0 Å². The molecule has 5 rings (SSSR count). The molecule has 3 N–H and O–H groups in total. The summed E-state index contributed by atoms with van der Waals surface area (Å²) < 4.78 is 24.2. The third-order valence-corrected chi connectivity index (χ3v) is 10.5. The summed E-state index contributed by atoms with van der Waals surface area (Å²) in [6, 6.07) is 6.05. The fourth-order valence-electron chi connectivity index (χ4n) is 8.48. The van der Waals surface area contributed by atoms with Gasteiger partial charge in [-0.3, -0.25) is 4.79 Å². The fourth-order valence-corrected chi connectivity index (χ4v) is 8.89. The number of aliphatic hydroxyl groups is 1. The molecular weight excluding hydrogens is 519 g/mol. The van der Waals surface area contributed by atoms with Crippen LogP contribution < -0.4 is 5.73 Å². The van der Waals surface area contributed by atoms with E-state index in [0.29, 0.717) is 31.4 Å². The van der Waals surface area contributed by atoms with Crippen molar-refractivity contribution < 1.29 is 28.6 Å². The maximum Gasteiger partial charge on any atom is 0.333 e. The second-order valence-corrected chi connectivity index (χ2v) is 12.4. The number of esters is 1. The highest BCUT2D eigenvalue weighted by molar-refractivity contribution is 7.96. The summed E-state index contributed by atoms with van der Waals surface area (Å²) in [7, 11) is 1.41. The summed E-state index contributed by atoms with van der Waals surface area (Å²) in [6.45, 7) is 3.93. The molecule has 3 fully saturated rings. The Bertz CT molecular complexity index is 1260. The van der Waals surface area contributed by atoms with Crippen LogP contribution in [0, 0.1) is 34.4 Å². The van der Waals surface area contributed by atoms with Crippen LogP contribution in [0.15, 0.2) is 52.7 Å². The van der Waals surface area contributed by atoms with Crippen molar-refractivity contribution in [1.82, 2.24) is 0 Å². The first kappa shape index (κ1) is 28.1. The maximum absolute atomic E-state index is 13.4. The topological polar surface area (TPSA) is 111 Å². The molecule has 0 spiro atoms. The Morgan fingerprint density at radius 3 is 2.62 bits per heavy atom. The van der Waals surface area contributed by atoms with Crippen molar-refractivity contribution in [2.24, 2.45) is 39.3 Å². The Labute approximate surface area is 234 Å². The number of carbonyl (C=O) groups is 2. The Morgan fingerprint density at radius 1 is 1.26 bits per heavy atom. The zero-order valence-electron chi connectivity index (χ0n) is 22.7. The van der Waals surface area contributed by atoms with E-state index in [1.54, 1.807) is 18.3 Å². The number of methoxy groups -OCH3 is 1. The van der Waals surface area contributed by atoms with Crippen LogP contribution in [-0.4, -0.2) is 47.3 Å². The first-order valence-corrected chi connectivity index (χ1v) is 14.0. The predicted molar refractivity (Wildman–Crippen MR) is 149 cm³/mol. The van der Waals surface area contributed by atoms with Crippen molar-refractivity contribution in [1.29, 1.82) is 0 Å². The van der Waals surface area contributed by atoms with Gasteiger partial charge in [0.15, 0.2) is 5.60 Å². The van der Waals surface area contributed by atoms with Crippen LogP contribution >= 0.6 is 12.6 Å². The number of halogens is 1. The van der Waals surface area contributed by atoms with Gasteiger partial charge in [-0.05, 0) is 104 Å². The Kier molecular flexibility index (Phi) is 7.31. The zero-order chi connectivity index (χ0) is 28.2. The van der Waals surface area contributed by atoms with E-state index in [1.165, 1.54) is 24.8 Å². The molecule has 0 saturated heterocycles. The lowest BCUT2D eigenvalue weighted by Crippen LogP contribution is -2.62. The molecule has 0 heterocycles. The SMILES string of the molecule is COCC(=O)O[C@]1(C(=O)S)CCC2[C@@H]3CCC4=CC(=Nc5ccc(F)cc5)C(=CN)C[C@]4(C)C3C(O)C[C@@]21C. The van der Waals surface area contributed by atoms with Crippen LogP contribution in [0.25, 0.3) is 0 Å². The van der Waals surface area contributed by atoms with Gasteiger partial charge < -0.3 is 20.3 Å². The molecule has 4 aliphatic rings. The predicted octanol–water partition coefficient (Wildman–Crippen LogP) is 4.67. The molecule has 3 unspecified atom stereocenters. The normalized spacial score (nSPS) is 39.5. The number of rotatable bonds is 5. The first-order chi connectivity index (χ1) is 18.5. The number of carbonyl (C=O) groups excluding carboxylic acids is 2. The number of hydrogen-bond donors (Lipinski definition) is 3. The molecule has 9 heteroatoms. The Hall–Kier alpha value is -2.49. The summed E-state index contributed by atoms with van der Waals surface area (Å²) in [6.07, 6.45) is 6.66. The first-order valence-electron chi connectivity index (χ1n) is 13.6. The van der Waals surface area contributed by atoms with Crippen LogP contribution in [-0.2, 0) is 19.1 Å². The van der Waals surface area contributed by atoms with E-state index >= 15 is 0 Å². The number of nitrogens with two attached hydrogens (primary N) is 1. The van der Waals surface area contributed by atoms with Crippen molar-refractivity contribution in [2.75, 3.05) is 13.7 Å². The van der Waals surface area contributed by atoms with E-state index in [0.717, 1.165) is 24.1 Å². The van der Waals surface area contributed by atoms with Crippen molar-refractivity contribution in [2.45, 2.75) is 64.1 Å². The van der Waals surface area contributed by atoms with E-state index in [4.69, 9.17) is 20.2 Å². The van der Waals surface area contributed by atoms with Crippen molar-refractivity contribution in [3.8, 4) is 0 Å². The Morgan fingerprint density at radius 2 is 1.97 bits per heavy atom. The number of fused-ring (bicyclic) bond motifs is 5. The molecule has 0 amide bonds. The van der Waals surface area contributed by atoms with Crippen molar-refractivity contribution in [3.63, 3.8) is 0 Å². The standard InChI is InChI=1S/C30H37FN2O5S/c1-28-13-17(15-32)23(33-20-7-5-19(31)6-8-20)12-18(28)4-9-21-22-10-11-30(27(36)39,38-25(35)16-37-3)29(22,2)14-24(34)26(21)28/h5-8,12,15,21-22,24,26,34H,4,9-11,13-14,16,32H2,1-3H3,(H,36,39)/t21-,22?,24?,26?,28-,29-,30-/m0/s1. The van der Waals surface area contributed by atoms with Crippen LogP contribution in [0.1, 0.15) is 52.4 Å². The van der Waals surface area contributed by atoms with Crippen LogP contribution in [0.3, 0.4) is 0 Å². The molecule has 7 atom stereocenters. The van der Waals surface area contributed by atoms with Gasteiger partial charge in [0.25, 0.3) is 0 Å². The molecule has 3 saturated carbocycles. The van der Waals surface area contributed by atoms with Gasteiger partial charge in [-0.25, -0.2) is 14.2 Å². The average Bonchev–Trinajstić information content (AvgIpc) is 3.17. The highest BCUT2D eigenvalue weighted by Crippen LogP contribution is 2.68. The highest BCUT2D eigenvalue weighted by Gasteiger charge is 2.70. The molecule has 0 aromatic heterocycles. The third kappa shape index (κ3) is 4.37. The fraction of sp³-hybridized carbons (Fsp3) is 0.567. The van der Waals surface area contributed by atoms with Crippen molar-refractivity contribution in [3.05, 3.63) is 53.5 Å². The van der Waals surface area contributed by atoms with E-state index in [2.05, 4.69) is 25.6 Å². The summed E-state index contributed by atoms with van der Waals surface area (Å²) in [5.74, 6) is -0.763. The van der Waals surface area contributed by atoms with Gasteiger partial charge in [0, 0.05) is 12.5 Å². The van der Waals surface area contributed by atoms with Crippen LogP contribution in [0.2, 0.25) is 0 Å². The third-order valence-electron chi connectivity index (χ3n) is 10.2. The summed E-state index contributed by atoms with van der Waals surface area (Å²) in [5, 5.41) is 11.3. The molecule has 4 aliphatic carbocycles. The van der Waals surface area contributed by atoms with E-state index in [9.17, 15) is 19.1 Å². The minimum absolute atomic E-state index is 0.0570. The molecule has 0 radical (unpaired) electrons. The number of ether oxygens (including phenoxy) is 2. The van der Waals surface area contributed by atoms with Gasteiger partial charge in [0.05, 0.1) is 17.5 Å². The van der Waals surface area contributed by atoms with Gasteiger partial charge in [-0.15, -0.1) is 12.6 Å².